The molecule has 0 atom stereocenters. The van der Waals surface area contributed by atoms with Gasteiger partial charge in [-0.3, -0.25) is 10.2 Å². The number of carbonyl (C=O) groups is 1. The Morgan fingerprint density at radius 2 is 1.75 bits per heavy atom. The van der Waals surface area contributed by atoms with Gasteiger partial charge in [0.1, 0.15) is 11.5 Å². The zero-order valence-electron chi connectivity index (χ0n) is 9.45. The first-order chi connectivity index (χ1) is 7.76. The zero-order valence-corrected chi connectivity index (χ0v) is 9.45. The molecule has 0 aliphatic carbocycles. The molecule has 5 heteroatoms. The predicted molar refractivity (Wildman–Crippen MR) is 60.3 cm³/mol. The minimum atomic E-state index is -0.226. The van der Waals surface area contributed by atoms with Crippen LogP contribution in [0.25, 0.3) is 0 Å². The second-order valence-corrected chi connectivity index (χ2v) is 2.99. The number of ether oxygens (including phenoxy) is 2. The Morgan fingerprint density at radius 3 is 2.25 bits per heavy atom. The van der Waals surface area contributed by atoms with Crippen molar-refractivity contribution in [3.8, 4) is 11.5 Å². The summed E-state index contributed by atoms with van der Waals surface area (Å²) in [6, 6.07) is 7.12. The SMILES string of the molecule is CCOc1ccc(OCC(=O)NNC)cc1. The topological polar surface area (TPSA) is 59.6 Å². The first-order valence-electron chi connectivity index (χ1n) is 5.07. The van der Waals surface area contributed by atoms with Crippen molar-refractivity contribution in [1.29, 1.82) is 0 Å². The Labute approximate surface area is 94.7 Å². The Kier molecular flexibility index (Phi) is 5.15. The van der Waals surface area contributed by atoms with Crippen molar-refractivity contribution in [1.82, 2.24) is 10.9 Å². The number of rotatable bonds is 6. The monoisotopic (exact) mass is 224 g/mol. The maximum atomic E-state index is 11.1. The van der Waals surface area contributed by atoms with Crippen LogP contribution in [-0.4, -0.2) is 26.2 Å². The van der Waals surface area contributed by atoms with Crippen molar-refractivity contribution in [3.05, 3.63) is 24.3 Å². The largest absolute Gasteiger partial charge is 0.494 e. The molecule has 1 amide bonds. The van der Waals surface area contributed by atoms with Crippen LogP contribution in [0.15, 0.2) is 24.3 Å². The standard InChI is InChI=1S/C11H16N2O3/c1-3-15-9-4-6-10(7-5-9)16-8-11(14)13-12-2/h4-7,12H,3,8H2,1-2H3,(H,13,14). The molecule has 2 N–H and O–H groups in total. The summed E-state index contributed by atoms with van der Waals surface area (Å²) in [4.78, 5) is 11.1. The van der Waals surface area contributed by atoms with Gasteiger partial charge in [0.25, 0.3) is 5.91 Å². The molecule has 0 aromatic heterocycles. The fourth-order valence-electron chi connectivity index (χ4n) is 1.12. The van der Waals surface area contributed by atoms with Crippen molar-refractivity contribution < 1.29 is 14.3 Å². The highest BCUT2D eigenvalue weighted by Gasteiger charge is 2.01. The molecule has 0 aliphatic heterocycles. The maximum Gasteiger partial charge on any atom is 0.271 e. The van der Waals surface area contributed by atoms with E-state index in [9.17, 15) is 4.79 Å². The number of nitrogens with one attached hydrogen (secondary N) is 2. The summed E-state index contributed by atoms with van der Waals surface area (Å²) < 4.78 is 10.5. The first-order valence-corrected chi connectivity index (χ1v) is 5.07. The number of hydrogen-bond donors (Lipinski definition) is 2. The Morgan fingerprint density at radius 1 is 1.19 bits per heavy atom. The smallest absolute Gasteiger partial charge is 0.271 e. The Balaban J connectivity index is 2.40. The molecule has 0 saturated carbocycles. The van der Waals surface area contributed by atoms with Gasteiger partial charge in [-0.2, -0.15) is 0 Å². The fraction of sp³-hybridized carbons (Fsp3) is 0.364. The average molecular weight is 224 g/mol. The third-order valence-electron chi connectivity index (χ3n) is 1.77. The molecule has 0 fully saturated rings. The molecule has 88 valence electrons. The van der Waals surface area contributed by atoms with Crippen molar-refractivity contribution in [2.24, 2.45) is 0 Å². The molecule has 0 aliphatic rings. The molecule has 16 heavy (non-hydrogen) atoms. The second kappa shape index (κ2) is 6.68. The predicted octanol–water partition coefficient (Wildman–Crippen LogP) is 0.715. The van der Waals surface area contributed by atoms with E-state index in [4.69, 9.17) is 9.47 Å². The van der Waals surface area contributed by atoms with Gasteiger partial charge in [0.05, 0.1) is 6.61 Å². The summed E-state index contributed by atoms with van der Waals surface area (Å²) in [5, 5.41) is 0. The van der Waals surface area contributed by atoms with Crippen molar-refractivity contribution in [2.75, 3.05) is 20.3 Å². The quantitative estimate of drug-likeness (QED) is 0.699. The molecular formula is C11H16N2O3. The fourth-order valence-corrected chi connectivity index (χ4v) is 1.12. The van der Waals surface area contributed by atoms with E-state index < -0.39 is 0 Å². The van der Waals surface area contributed by atoms with E-state index in [2.05, 4.69) is 10.9 Å². The summed E-state index contributed by atoms with van der Waals surface area (Å²) in [5.41, 5.74) is 4.94. The van der Waals surface area contributed by atoms with Crippen LogP contribution in [0.2, 0.25) is 0 Å². The van der Waals surface area contributed by atoms with Crippen LogP contribution in [0.1, 0.15) is 6.92 Å². The summed E-state index contributed by atoms with van der Waals surface area (Å²) in [6.07, 6.45) is 0. The Hall–Kier alpha value is -1.75. The van der Waals surface area contributed by atoms with Gasteiger partial charge in [0, 0.05) is 7.05 Å². The summed E-state index contributed by atoms with van der Waals surface area (Å²) in [7, 11) is 1.62. The minimum Gasteiger partial charge on any atom is -0.494 e. The number of amides is 1. The van der Waals surface area contributed by atoms with Gasteiger partial charge >= 0.3 is 0 Å². The van der Waals surface area contributed by atoms with E-state index >= 15 is 0 Å². The molecule has 0 saturated heterocycles. The summed E-state index contributed by atoms with van der Waals surface area (Å²) in [6.45, 7) is 2.53. The van der Waals surface area contributed by atoms with Gasteiger partial charge < -0.3 is 9.47 Å². The number of benzene rings is 1. The normalized spacial score (nSPS) is 9.62. The molecule has 1 rings (SSSR count). The molecule has 0 radical (unpaired) electrons. The van der Waals surface area contributed by atoms with E-state index in [1.165, 1.54) is 0 Å². The minimum absolute atomic E-state index is 0.0190. The lowest BCUT2D eigenvalue weighted by atomic mass is 10.3. The van der Waals surface area contributed by atoms with E-state index in [0.29, 0.717) is 12.4 Å². The van der Waals surface area contributed by atoms with E-state index in [-0.39, 0.29) is 12.5 Å². The summed E-state index contributed by atoms with van der Waals surface area (Å²) in [5.74, 6) is 1.20. The van der Waals surface area contributed by atoms with Crippen LogP contribution in [0, 0.1) is 0 Å². The van der Waals surface area contributed by atoms with Crippen LogP contribution in [-0.2, 0) is 4.79 Å². The molecule has 0 heterocycles. The third kappa shape index (κ3) is 4.18. The highest BCUT2D eigenvalue weighted by atomic mass is 16.5. The zero-order chi connectivity index (χ0) is 11.8. The van der Waals surface area contributed by atoms with Crippen LogP contribution >= 0.6 is 0 Å². The van der Waals surface area contributed by atoms with Crippen molar-refractivity contribution in [2.45, 2.75) is 6.92 Å². The molecule has 5 nitrogen and oxygen atoms in total. The lowest BCUT2D eigenvalue weighted by molar-refractivity contribution is -0.123. The van der Waals surface area contributed by atoms with Gasteiger partial charge in [0.2, 0.25) is 0 Å². The van der Waals surface area contributed by atoms with Gasteiger partial charge in [0.15, 0.2) is 6.61 Å². The number of carbonyl (C=O) groups excluding carboxylic acids is 1. The second-order valence-electron chi connectivity index (χ2n) is 2.99. The van der Waals surface area contributed by atoms with Crippen LogP contribution < -0.4 is 20.3 Å². The van der Waals surface area contributed by atoms with Crippen LogP contribution in [0.4, 0.5) is 0 Å². The van der Waals surface area contributed by atoms with E-state index in [1.807, 2.05) is 6.92 Å². The van der Waals surface area contributed by atoms with Gasteiger partial charge in [-0.1, -0.05) is 0 Å². The Bertz CT molecular complexity index is 325. The maximum absolute atomic E-state index is 11.1. The number of hydrogen-bond acceptors (Lipinski definition) is 4. The van der Waals surface area contributed by atoms with Gasteiger partial charge in [-0.05, 0) is 31.2 Å². The molecule has 0 bridgehead atoms. The first kappa shape index (κ1) is 12.3. The molecular weight excluding hydrogens is 208 g/mol. The molecule has 0 spiro atoms. The molecule has 1 aromatic rings. The molecule has 1 aromatic carbocycles. The van der Waals surface area contributed by atoms with Crippen molar-refractivity contribution >= 4 is 5.91 Å². The number of hydrazine groups is 1. The summed E-state index contributed by atoms with van der Waals surface area (Å²) >= 11 is 0. The van der Waals surface area contributed by atoms with Gasteiger partial charge in [-0.25, -0.2) is 5.43 Å². The van der Waals surface area contributed by atoms with Crippen LogP contribution in [0.3, 0.4) is 0 Å². The average Bonchev–Trinajstić information content (AvgIpc) is 2.29. The lowest BCUT2D eigenvalue weighted by Gasteiger charge is -2.07. The van der Waals surface area contributed by atoms with Crippen molar-refractivity contribution in [3.63, 3.8) is 0 Å². The molecule has 0 unspecified atom stereocenters. The van der Waals surface area contributed by atoms with E-state index in [0.717, 1.165) is 5.75 Å². The lowest BCUT2D eigenvalue weighted by Crippen LogP contribution is -2.37. The van der Waals surface area contributed by atoms with Gasteiger partial charge in [-0.15, -0.1) is 0 Å². The third-order valence-corrected chi connectivity index (χ3v) is 1.77. The highest BCUT2D eigenvalue weighted by molar-refractivity contribution is 5.76. The van der Waals surface area contributed by atoms with E-state index in [1.54, 1.807) is 31.3 Å². The highest BCUT2D eigenvalue weighted by Crippen LogP contribution is 2.17. The van der Waals surface area contributed by atoms with Crippen LogP contribution in [0.5, 0.6) is 11.5 Å².